The van der Waals surface area contributed by atoms with Gasteiger partial charge in [0.05, 0.1) is 12.2 Å². The Labute approximate surface area is 140 Å². The number of aryl methyl sites for hydroxylation is 1. The van der Waals surface area contributed by atoms with Gasteiger partial charge >= 0.3 is 0 Å². The number of ether oxygens (including phenoxy) is 1. The van der Waals surface area contributed by atoms with Crippen molar-refractivity contribution in [3.8, 4) is 5.75 Å². The first-order valence-corrected chi connectivity index (χ1v) is 7.83. The number of aromatic nitrogens is 1. The molecule has 1 aliphatic rings. The highest BCUT2D eigenvalue weighted by atomic mass is 16.5. The van der Waals surface area contributed by atoms with Crippen LogP contribution in [0.25, 0.3) is 0 Å². The summed E-state index contributed by atoms with van der Waals surface area (Å²) in [6, 6.07) is 11.2. The second kappa shape index (κ2) is 6.39. The first-order chi connectivity index (χ1) is 11.5. The first-order valence-electron chi connectivity index (χ1n) is 7.83. The number of hydrogen-bond donors (Lipinski definition) is 0. The quantitative estimate of drug-likeness (QED) is 0.851. The number of likely N-dealkylation sites (N-methyl/N-ethyl adjacent to an activating group) is 1. The number of amides is 1. The van der Waals surface area contributed by atoms with Gasteiger partial charge in [0, 0.05) is 40.0 Å². The van der Waals surface area contributed by atoms with Crippen LogP contribution in [0.15, 0.2) is 47.4 Å². The van der Waals surface area contributed by atoms with E-state index in [1.165, 1.54) is 9.47 Å². The van der Waals surface area contributed by atoms with Crippen LogP contribution >= 0.6 is 0 Å². The lowest BCUT2D eigenvalue weighted by molar-refractivity contribution is -0.136. The molecule has 1 aromatic carbocycles. The minimum absolute atomic E-state index is 0.0463. The van der Waals surface area contributed by atoms with Crippen molar-refractivity contribution >= 4 is 11.6 Å². The van der Waals surface area contributed by atoms with E-state index in [4.69, 9.17) is 4.74 Å². The summed E-state index contributed by atoms with van der Waals surface area (Å²) in [5.41, 5.74) is 1.79. The van der Waals surface area contributed by atoms with Gasteiger partial charge in [-0.3, -0.25) is 9.59 Å². The molecule has 0 N–H and O–H groups in total. The van der Waals surface area contributed by atoms with Crippen molar-refractivity contribution in [2.75, 3.05) is 25.5 Å². The maximum absolute atomic E-state index is 12.3. The number of anilines is 1. The Morgan fingerprint density at radius 3 is 2.75 bits per heavy atom. The van der Waals surface area contributed by atoms with E-state index >= 15 is 0 Å². The molecule has 0 bridgehead atoms. The zero-order valence-electron chi connectivity index (χ0n) is 14.1. The molecule has 1 aromatic heterocycles. The SMILES string of the molecule is CN(C)C(=O)[C@H]1CN(Cc2ccn(C)c(=O)c2)c2ccccc2O1. The number of fused-ring (bicyclic) bond motifs is 1. The van der Waals surface area contributed by atoms with Gasteiger partial charge in [-0.15, -0.1) is 0 Å². The molecule has 0 saturated carbocycles. The van der Waals surface area contributed by atoms with Crippen LogP contribution in [-0.4, -0.2) is 42.1 Å². The smallest absolute Gasteiger partial charge is 0.265 e. The molecule has 2 aromatic rings. The number of carbonyl (C=O) groups is 1. The van der Waals surface area contributed by atoms with Crippen LogP contribution < -0.4 is 15.2 Å². The number of rotatable bonds is 3. The average Bonchev–Trinajstić information content (AvgIpc) is 2.57. The maximum Gasteiger partial charge on any atom is 0.265 e. The number of hydrogen-bond acceptors (Lipinski definition) is 4. The second-order valence-corrected chi connectivity index (χ2v) is 6.17. The van der Waals surface area contributed by atoms with Crippen molar-refractivity contribution in [3.63, 3.8) is 0 Å². The van der Waals surface area contributed by atoms with Gasteiger partial charge in [0.1, 0.15) is 5.75 Å². The van der Waals surface area contributed by atoms with Gasteiger partial charge in [-0.05, 0) is 23.8 Å². The largest absolute Gasteiger partial charge is 0.477 e. The highest BCUT2D eigenvalue weighted by Gasteiger charge is 2.31. The predicted molar refractivity (Wildman–Crippen MR) is 92.3 cm³/mol. The van der Waals surface area contributed by atoms with Crippen molar-refractivity contribution < 1.29 is 9.53 Å². The zero-order chi connectivity index (χ0) is 17.3. The minimum atomic E-state index is -0.554. The summed E-state index contributed by atoms with van der Waals surface area (Å²) < 4.78 is 7.40. The summed E-state index contributed by atoms with van der Waals surface area (Å²) >= 11 is 0. The lowest BCUT2D eigenvalue weighted by Crippen LogP contribution is -2.48. The minimum Gasteiger partial charge on any atom is -0.477 e. The van der Waals surface area contributed by atoms with Crippen molar-refractivity contribution in [3.05, 3.63) is 58.5 Å². The van der Waals surface area contributed by atoms with E-state index in [1.54, 1.807) is 33.4 Å². The number of para-hydroxylation sites is 2. The van der Waals surface area contributed by atoms with E-state index in [1.807, 2.05) is 30.3 Å². The molecule has 0 saturated heterocycles. The normalized spacial score (nSPS) is 16.3. The number of carbonyl (C=O) groups excluding carboxylic acids is 1. The number of nitrogens with zero attached hydrogens (tertiary/aromatic N) is 3. The zero-order valence-corrected chi connectivity index (χ0v) is 14.1. The fourth-order valence-electron chi connectivity index (χ4n) is 2.78. The third-order valence-corrected chi connectivity index (χ3v) is 4.12. The molecule has 0 fully saturated rings. The summed E-state index contributed by atoms with van der Waals surface area (Å²) in [6.45, 7) is 0.997. The van der Waals surface area contributed by atoms with E-state index in [2.05, 4.69) is 4.90 Å². The van der Waals surface area contributed by atoms with Crippen LogP contribution in [0.2, 0.25) is 0 Å². The van der Waals surface area contributed by atoms with Gasteiger partial charge in [-0.25, -0.2) is 0 Å². The Balaban J connectivity index is 1.91. The highest BCUT2D eigenvalue weighted by molar-refractivity contribution is 5.83. The van der Waals surface area contributed by atoms with Crippen LogP contribution in [0.4, 0.5) is 5.69 Å². The highest BCUT2D eigenvalue weighted by Crippen LogP contribution is 2.34. The fraction of sp³-hybridized carbons (Fsp3) is 0.333. The van der Waals surface area contributed by atoms with Crippen molar-refractivity contribution in [1.82, 2.24) is 9.47 Å². The molecule has 1 atom stereocenters. The van der Waals surface area contributed by atoms with Crippen LogP contribution in [0.3, 0.4) is 0 Å². The van der Waals surface area contributed by atoms with E-state index in [9.17, 15) is 9.59 Å². The molecule has 0 spiro atoms. The molecule has 1 amide bonds. The van der Waals surface area contributed by atoms with E-state index in [0.717, 1.165) is 11.3 Å². The Bertz CT molecular complexity index is 813. The van der Waals surface area contributed by atoms with Gasteiger partial charge in [-0.1, -0.05) is 12.1 Å². The van der Waals surface area contributed by atoms with E-state index < -0.39 is 6.10 Å². The van der Waals surface area contributed by atoms with Crippen LogP contribution in [0.1, 0.15) is 5.56 Å². The molecule has 6 nitrogen and oxygen atoms in total. The van der Waals surface area contributed by atoms with Gasteiger partial charge in [0.15, 0.2) is 6.10 Å². The molecule has 0 aliphatic carbocycles. The van der Waals surface area contributed by atoms with Gasteiger partial charge in [-0.2, -0.15) is 0 Å². The Hall–Kier alpha value is -2.76. The third kappa shape index (κ3) is 3.13. The van der Waals surface area contributed by atoms with Gasteiger partial charge < -0.3 is 19.1 Å². The lowest BCUT2D eigenvalue weighted by atomic mass is 10.1. The fourth-order valence-corrected chi connectivity index (χ4v) is 2.78. The topological polar surface area (TPSA) is 54.8 Å². The summed E-state index contributed by atoms with van der Waals surface area (Å²) in [4.78, 5) is 27.8. The van der Waals surface area contributed by atoms with Crippen molar-refractivity contribution in [2.24, 2.45) is 7.05 Å². The summed E-state index contributed by atoms with van der Waals surface area (Å²) in [6.07, 6.45) is 1.20. The molecule has 1 aliphatic heterocycles. The molecule has 3 rings (SSSR count). The summed E-state index contributed by atoms with van der Waals surface area (Å²) in [7, 11) is 5.16. The lowest BCUT2D eigenvalue weighted by Gasteiger charge is -2.36. The number of pyridine rings is 1. The van der Waals surface area contributed by atoms with Crippen molar-refractivity contribution in [2.45, 2.75) is 12.6 Å². The maximum atomic E-state index is 12.3. The van der Waals surface area contributed by atoms with E-state index in [0.29, 0.717) is 18.8 Å². The van der Waals surface area contributed by atoms with E-state index in [-0.39, 0.29) is 11.5 Å². The average molecular weight is 327 g/mol. The molecule has 2 heterocycles. The number of benzene rings is 1. The van der Waals surface area contributed by atoms with Crippen LogP contribution in [-0.2, 0) is 18.4 Å². The van der Waals surface area contributed by atoms with Gasteiger partial charge in [0.2, 0.25) is 0 Å². The third-order valence-electron chi connectivity index (χ3n) is 4.12. The van der Waals surface area contributed by atoms with Gasteiger partial charge in [0.25, 0.3) is 11.5 Å². The molecule has 0 unspecified atom stereocenters. The summed E-state index contributed by atoms with van der Waals surface area (Å²) in [5, 5.41) is 0. The monoisotopic (exact) mass is 327 g/mol. The summed E-state index contributed by atoms with van der Waals surface area (Å²) in [5.74, 6) is 0.617. The van der Waals surface area contributed by atoms with Crippen LogP contribution in [0, 0.1) is 0 Å². The molecular formula is C18H21N3O3. The van der Waals surface area contributed by atoms with Crippen molar-refractivity contribution in [1.29, 1.82) is 0 Å². The molecule has 6 heteroatoms. The molecular weight excluding hydrogens is 306 g/mol. The molecule has 24 heavy (non-hydrogen) atoms. The Morgan fingerprint density at radius 1 is 1.29 bits per heavy atom. The standard InChI is InChI=1S/C18H21N3O3/c1-19(2)18(23)16-12-21(14-6-4-5-7-15(14)24-16)11-13-8-9-20(3)17(22)10-13/h4-10,16H,11-12H2,1-3H3/t16-/m1/s1. The second-order valence-electron chi connectivity index (χ2n) is 6.17. The first kappa shape index (κ1) is 16.1. The predicted octanol–water partition coefficient (Wildman–Crippen LogP) is 1.24. The van der Waals surface area contributed by atoms with Crippen LogP contribution in [0.5, 0.6) is 5.75 Å². The Morgan fingerprint density at radius 2 is 2.04 bits per heavy atom. The molecule has 0 radical (unpaired) electrons. The molecule has 126 valence electrons. The Kier molecular flexibility index (Phi) is 4.29.